The number of aromatic nitrogens is 2. The van der Waals surface area contributed by atoms with Crippen molar-refractivity contribution in [2.45, 2.75) is 13.8 Å². The van der Waals surface area contributed by atoms with Crippen LogP contribution in [0.1, 0.15) is 12.7 Å². The first-order chi connectivity index (χ1) is 7.02. The molecule has 1 heterocycles. The molecule has 0 fully saturated rings. The first-order valence-electron chi connectivity index (χ1n) is 4.77. The van der Waals surface area contributed by atoms with Crippen LogP contribution in [0, 0.1) is 6.92 Å². The number of aryl methyl sites for hydroxylation is 1. The fourth-order valence-electron chi connectivity index (χ4n) is 1.29. The number of nitrogens with one attached hydrogen (secondary N) is 1. The van der Waals surface area contributed by atoms with Crippen LogP contribution in [0.25, 0.3) is 0 Å². The number of Topliss-reactive ketones (excluding diaryl/α,β-unsaturated/α-hetero) is 1. The Morgan fingerprint density at radius 2 is 2.20 bits per heavy atom. The van der Waals surface area contributed by atoms with Crippen molar-refractivity contribution in [3.8, 4) is 0 Å². The van der Waals surface area contributed by atoms with Gasteiger partial charge in [-0.25, -0.2) is 9.97 Å². The predicted molar refractivity (Wildman–Crippen MR) is 60.3 cm³/mol. The van der Waals surface area contributed by atoms with Crippen LogP contribution in [0.4, 0.5) is 11.6 Å². The first-order valence-corrected chi connectivity index (χ1v) is 4.77. The molecule has 5 heteroatoms. The molecule has 0 bridgehead atoms. The Bertz CT molecular complexity index is 364. The molecule has 0 aliphatic carbocycles. The Balaban J connectivity index is 2.92. The quantitative estimate of drug-likeness (QED) is 0.795. The smallest absolute Gasteiger partial charge is 0.149 e. The molecule has 0 saturated carbocycles. The number of rotatable bonds is 4. The summed E-state index contributed by atoms with van der Waals surface area (Å²) in [7, 11) is 3.64. The summed E-state index contributed by atoms with van der Waals surface area (Å²) in [5.41, 5.74) is 0. The Labute approximate surface area is 89.5 Å². The van der Waals surface area contributed by atoms with Crippen LogP contribution in [0.5, 0.6) is 0 Å². The molecular weight excluding hydrogens is 192 g/mol. The Hall–Kier alpha value is -1.65. The molecule has 0 unspecified atom stereocenters. The topological polar surface area (TPSA) is 58.1 Å². The number of ketones is 1. The standard InChI is InChI=1S/C10H16N4O/c1-7(15)6-14(4)10-5-9(11-3)12-8(2)13-10/h5H,6H2,1-4H3,(H,11,12,13). The molecule has 1 aromatic heterocycles. The van der Waals surface area contributed by atoms with Crippen molar-refractivity contribution in [1.29, 1.82) is 0 Å². The summed E-state index contributed by atoms with van der Waals surface area (Å²) in [6.07, 6.45) is 0. The number of hydrogen-bond donors (Lipinski definition) is 1. The van der Waals surface area contributed by atoms with Crippen LogP contribution in [0.15, 0.2) is 6.07 Å². The maximum atomic E-state index is 11.0. The van der Waals surface area contributed by atoms with Gasteiger partial charge >= 0.3 is 0 Å². The molecule has 5 nitrogen and oxygen atoms in total. The van der Waals surface area contributed by atoms with E-state index < -0.39 is 0 Å². The van der Waals surface area contributed by atoms with Crippen molar-refractivity contribution < 1.29 is 4.79 Å². The Kier molecular flexibility index (Phi) is 3.60. The summed E-state index contributed by atoms with van der Waals surface area (Å²) in [5.74, 6) is 2.31. The molecule has 0 amide bonds. The zero-order valence-corrected chi connectivity index (χ0v) is 9.53. The molecule has 15 heavy (non-hydrogen) atoms. The summed E-state index contributed by atoms with van der Waals surface area (Å²) in [6.45, 7) is 3.75. The average Bonchev–Trinajstić information content (AvgIpc) is 2.15. The van der Waals surface area contributed by atoms with E-state index in [-0.39, 0.29) is 5.78 Å². The van der Waals surface area contributed by atoms with Crippen molar-refractivity contribution in [1.82, 2.24) is 9.97 Å². The second-order valence-electron chi connectivity index (χ2n) is 3.47. The molecular formula is C10H16N4O. The van der Waals surface area contributed by atoms with E-state index in [4.69, 9.17) is 0 Å². The van der Waals surface area contributed by atoms with E-state index in [0.29, 0.717) is 12.4 Å². The highest BCUT2D eigenvalue weighted by Gasteiger charge is 2.07. The molecule has 0 aliphatic heterocycles. The number of carbonyl (C=O) groups excluding carboxylic acids is 1. The van der Waals surface area contributed by atoms with Crippen molar-refractivity contribution in [2.75, 3.05) is 30.9 Å². The molecule has 0 saturated heterocycles. The summed E-state index contributed by atoms with van der Waals surface area (Å²) in [4.78, 5) is 21.2. The third kappa shape index (κ3) is 3.19. The van der Waals surface area contributed by atoms with Gasteiger partial charge in [0.05, 0.1) is 6.54 Å². The minimum atomic E-state index is 0.111. The lowest BCUT2D eigenvalue weighted by atomic mass is 10.4. The zero-order chi connectivity index (χ0) is 11.4. The van der Waals surface area contributed by atoms with Gasteiger partial charge in [0.25, 0.3) is 0 Å². The van der Waals surface area contributed by atoms with Crippen LogP contribution in [-0.4, -0.2) is 36.4 Å². The van der Waals surface area contributed by atoms with E-state index in [0.717, 1.165) is 11.6 Å². The van der Waals surface area contributed by atoms with E-state index >= 15 is 0 Å². The molecule has 0 aliphatic rings. The van der Waals surface area contributed by atoms with Crippen LogP contribution >= 0.6 is 0 Å². The molecule has 0 radical (unpaired) electrons. The van der Waals surface area contributed by atoms with Gasteiger partial charge in [-0.15, -0.1) is 0 Å². The van der Waals surface area contributed by atoms with Gasteiger partial charge in [0.2, 0.25) is 0 Å². The van der Waals surface area contributed by atoms with Crippen LogP contribution in [-0.2, 0) is 4.79 Å². The third-order valence-electron chi connectivity index (χ3n) is 1.93. The molecule has 0 spiro atoms. The summed E-state index contributed by atoms with van der Waals surface area (Å²) >= 11 is 0. The summed E-state index contributed by atoms with van der Waals surface area (Å²) in [5, 5.41) is 2.95. The highest BCUT2D eigenvalue weighted by atomic mass is 16.1. The second kappa shape index (κ2) is 4.72. The van der Waals surface area contributed by atoms with Crippen molar-refractivity contribution in [2.24, 2.45) is 0 Å². The second-order valence-corrected chi connectivity index (χ2v) is 3.47. The average molecular weight is 208 g/mol. The van der Waals surface area contributed by atoms with E-state index in [1.54, 1.807) is 18.9 Å². The van der Waals surface area contributed by atoms with Crippen molar-refractivity contribution in [3.05, 3.63) is 11.9 Å². The summed E-state index contributed by atoms with van der Waals surface area (Å²) in [6, 6.07) is 1.82. The minimum absolute atomic E-state index is 0.111. The van der Waals surface area contributed by atoms with Gasteiger partial charge in [0.15, 0.2) is 0 Å². The van der Waals surface area contributed by atoms with Gasteiger partial charge in [-0.1, -0.05) is 0 Å². The van der Waals surface area contributed by atoms with Gasteiger partial charge < -0.3 is 10.2 Å². The lowest BCUT2D eigenvalue weighted by Crippen LogP contribution is -2.25. The van der Waals surface area contributed by atoms with Crippen LogP contribution < -0.4 is 10.2 Å². The lowest BCUT2D eigenvalue weighted by molar-refractivity contribution is -0.115. The minimum Gasteiger partial charge on any atom is -0.373 e. The largest absolute Gasteiger partial charge is 0.373 e. The van der Waals surface area contributed by atoms with Crippen molar-refractivity contribution in [3.63, 3.8) is 0 Å². The van der Waals surface area contributed by atoms with E-state index in [1.165, 1.54) is 0 Å². The molecule has 1 aromatic rings. The first kappa shape index (κ1) is 11.4. The number of likely N-dealkylation sites (N-methyl/N-ethyl adjacent to an activating group) is 1. The van der Waals surface area contributed by atoms with E-state index in [9.17, 15) is 4.79 Å². The maximum absolute atomic E-state index is 11.0. The molecule has 0 aromatic carbocycles. The van der Waals surface area contributed by atoms with Gasteiger partial charge in [-0.3, -0.25) is 4.79 Å². The summed E-state index contributed by atoms with van der Waals surface area (Å²) < 4.78 is 0. The lowest BCUT2D eigenvalue weighted by Gasteiger charge is -2.17. The molecule has 82 valence electrons. The number of hydrogen-bond acceptors (Lipinski definition) is 5. The Morgan fingerprint density at radius 1 is 1.53 bits per heavy atom. The Morgan fingerprint density at radius 3 is 2.73 bits per heavy atom. The van der Waals surface area contributed by atoms with E-state index in [2.05, 4.69) is 15.3 Å². The fourth-order valence-corrected chi connectivity index (χ4v) is 1.29. The number of nitrogens with zero attached hydrogens (tertiary/aromatic N) is 3. The fraction of sp³-hybridized carbons (Fsp3) is 0.500. The van der Waals surface area contributed by atoms with Crippen molar-refractivity contribution >= 4 is 17.4 Å². The molecule has 0 atom stereocenters. The van der Waals surface area contributed by atoms with Crippen LogP contribution in [0.2, 0.25) is 0 Å². The van der Waals surface area contributed by atoms with Crippen LogP contribution in [0.3, 0.4) is 0 Å². The van der Waals surface area contributed by atoms with Gasteiger partial charge in [0, 0.05) is 20.2 Å². The van der Waals surface area contributed by atoms with E-state index in [1.807, 2.05) is 20.0 Å². The van der Waals surface area contributed by atoms with Gasteiger partial charge in [-0.2, -0.15) is 0 Å². The number of carbonyl (C=O) groups is 1. The van der Waals surface area contributed by atoms with Gasteiger partial charge in [0.1, 0.15) is 23.2 Å². The SMILES string of the molecule is CNc1cc(N(C)CC(C)=O)nc(C)n1. The number of anilines is 2. The monoisotopic (exact) mass is 208 g/mol. The highest BCUT2D eigenvalue weighted by molar-refractivity contribution is 5.80. The maximum Gasteiger partial charge on any atom is 0.149 e. The van der Waals surface area contributed by atoms with Gasteiger partial charge in [-0.05, 0) is 13.8 Å². The highest BCUT2D eigenvalue weighted by Crippen LogP contribution is 2.13. The normalized spacial score (nSPS) is 9.87. The zero-order valence-electron chi connectivity index (χ0n) is 9.53. The molecule has 1 N–H and O–H groups in total. The molecule has 1 rings (SSSR count). The predicted octanol–water partition coefficient (Wildman–Crippen LogP) is 0.852. The third-order valence-corrected chi connectivity index (χ3v) is 1.93.